The summed E-state index contributed by atoms with van der Waals surface area (Å²) in [6.45, 7) is 0.276. The fourth-order valence-electron chi connectivity index (χ4n) is 1.68. The van der Waals surface area contributed by atoms with Gasteiger partial charge in [-0.2, -0.15) is 0 Å². The Morgan fingerprint density at radius 3 is 2.95 bits per heavy atom. The summed E-state index contributed by atoms with van der Waals surface area (Å²) in [6, 6.07) is 7.81. The zero-order valence-corrected chi connectivity index (χ0v) is 11.1. The van der Waals surface area contributed by atoms with Gasteiger partial charge < -0.3 is 16.3 Å². The number of oxime groups is 1. The highest BCUT2D eigenvalue weighted by Crippen LogP contribution is 2.19. The number of nitrogens with one attached hydrogen (secondary N) is 1. The Hall–Kier alpha value is -2.34. The van der Waals surface area contributed by atoms with Crippen molar-refractivity contribution in [2.75, 3.05) is 5.32 Å². The van der Waals surface area contributed by atoms with Crippen LogP contribution >= 0.6 is 11.6 Å². The molecule has 0 aliphatic carbocycles. The predicted molar refractivity (Wildman–Crippen MR) is 75.5 cm³/mol. The summed E-state index contributed by atoms with van der Waals surface area (Å²) in [5, 5.41) is 14.9. The van der Waals surface area contributed by atoms with Crippen LogP contribution in [0.15, 0.2) is 41.7 Å². The first-order chi connectivity index (χ1) is 9.61. The van der Waals surface area contributed by atoms with Gasteiger partial charge in [-0.15, -0.1) is 0 Å². The Morgan fingerprint density at radius 1 is 1.45 bits per heavy atom. The van der Waals surface area contributed by atoms with Gasteiger partial charge in [0, 0.05) is 23.3 Å². The Labute approximate surface area is 119 Å². The minimum atomic E-state index is -0.452. The third-order valence-electron chi connectivity index (χ3n) is 2.64. The summed E-state index contributed by atoms with van der Waals surface area (Å²) < 4.78 is 13.6. The van der Waals surface area contributed by atoms with Gasteiger partial charge in [0.05, 0.1) is 5.69 Å². The monoisotopic (exact) mass is 294 g/mol. The van der Waals surface area contributed by atoms with Gasteiger partial charge in [-0.05, 0) is 24.3 Å². The van der Waals surface area contributed by atoms with Gasteiger partial charge in [-0.1, -0.05) is 22.8 Å². The summed E-state index contributed by atoms with van der Waals surface area (Å²) in [5.74, 6) is -0.550. The van der Waals surface area contributed by atoms with Crippen LogP contribution in [0.3, 0.4) is 0 Å². The average molecular weight is 295 g/mol. The molecule has 0 unspecified atom stereocenters. The average Bonchev–Trinajstić information content (AvgIpc) is 2.46. The van der Waals surface area contributed by atoms with E-state index in [1.807, 2.05) is 0 Å². The van der Waals surface area contributed by atoms with Gasteiger partial charge in [-0.25, -0.2) is 4.39 Å². The molecule has 0 saturated carbocycles. The maximum atomic E-state index is 13.6. The van der Waals surface area contributed by atoms with Gasteiger partial charge >= 0.3 is 0 Å². The molecule has 0 aliphatic rings. The van der Waals surface area contributed by atoms with Crippen LogP contribution in [0.5, 0.6) is 0 Å². The van der Waals surface area contributed by atoms with E-state index in [1.165, 1.54) is 18.3 Å². The van der Waals surface area contributed by atoms with E-state index in [-0.39, 0.29) is 12.4 Å². The van der Waals surface area contributed by atoms with Crippen LogP contribution in [-0.2, 0) is 6.54 Å². The second-order valence-electron chi connectivity index (χ2n) is 3.97. The second kappa shape index (κ2) is 6.21. The fraction of sp³-hybridized carbons (Fsp3) is 0.0769. The first-order valence-electron chi connectivity index (χ1n) is 5.72. The zero-order valence-electron chi connectivity index (χ0n) is 10.3. The van der Waals surface area contributed by atoms with Crippen molar-refractivity contribution >= 4 is 23.1 Å². The molecule has 1 heterocycles. The minimum absolute atomic E-state index is 0.0982. The van der Waals surface area contributed by atoms with Crippen LogP contribution in [0, 0.1) is 5.82 Å². The van der Waals surface area contributed by atoms with E-state index in [9.17, 15) is 4.39 Å². The molecule has 0 fully saturated rings. The highest BCUT2D eigenvalue weighted by Gasteiger charge is 2.09. The molecule has 5 nitrogen and oxygen atoms in total. The number of pyridine rings is 1. The molecule has 0 bridgehead atoms. The Morgan fingerprint density at radius 2 is 2.25 bits per heavy atom. The Balaban J connectivity index is 2.19. The van der Waals surface area contributed by atoms with Gasteiger partial charge in [0.25, 0.3) is 0 Å². The van der Waals surface area contributed by atoms with E-state index in [2.05, 4.69) is 15.5 Å². The van der Waals surface area contributed by atoms with E-state index in [1.54, 1.807) is 18.2 Å². The summed E-state index contributed by atoms with van der Waals surface area (Å²) in [4.78, 5) is 4.03. The molecule has 7 heteroatoms. The molecule has 1 aromatic carbocycles. The fourth-order valence-corrected chi connectivity index (χ4v) is 1.84. The summed E-state index contributed by atoms with van der Waals surface area (Å²) in [5.41, 5.74) is 6.86. The maximum absolute atomic E-state index is 13.6. The standard InChI is InChI=1S/C13H12ClFN4O/c14-9-3-4-11(10(15)6-9)18-7-8-2-1-5-17-12(8)13(16)19-20/h1-6,18,20H,7H2,(H2,16,19). The maximum Gasteiger partial charge on any atom is 0.189 e. The lowest BCUT2D eigenvalue weighted by atomic mass is 10.1. The molecule has 2 aromatic rings. The van der Waals surface area contributed by atoms with Gasteiger partial charge in [0.15, 0.2) is 5.84 Å². The lowest BCUT2D eigenvalue weighted by Gasteiger charge is -2.10. The summed E-state index contributed by atoms with van der Waals surface area (Å²) >= 11 is 5.68. The van der Waals surface area contributed by atoms with Crippen LogP contribution in [0.25, 0.3) is 0 Å². The quantitative estimate of drug-likeness (QED) is 0.350. The molecule has 0 aliphatic heterocycles. The molecule has 20 heavy (non-hydrogen) atoms. The highest BCUT2D eigenvalue weighted by atomic mass is 35.5. The van der Waals surface area contributed by atoms with Crippen LogP contribution in [0.2, 0.25) is 5.02 Å². The number of anilines is 1. The number of aromatic nitrogens is 1. The Kier molecular flexibility index (Phi) is 4.37. The summed E-state index contributed by atoms with van der Waals surface area (Å²) in [7, 11) is 0. The van der Waals surface area contributed by atoms with Gasteiger partial charge in [0.2, 0.25) is 0 Å². The molecular formula is C13H12ClFN4O. The largest absolute Gasteiger partial charge is 0.409 e. The van der Waals surface area contributed by atoms with Gasteiger partial charge in [0.1, 0.15) is 11.5 Å². The molecule has 0 atom stereocenters. The lowest BCUT2D eigenvalue weighted by Crippen LogP contribution is -2.18. The molecule has 0 radical (unpaired) electrons. The molecule has 1 aromatic heterocycles. The number of benzene rings is 1. The molecule has 104 valence electrons. The lowest BCUT2D eigenvalue weighted by molar-refractivity contribution is 0.318. The number of amidine groups is 1. The first kappa shape index (κ1) is 14.1. The molecule has 0 spiro atoms. The molecule has 0 saturated heterocycles. The summed E-state index contributed by atoms with van der Waals surface area (Å²) in [6.07, 6.45) is 1.53. The van der Waals surface area contributed by atoms with Crippen molar-refractivity contribution in [3.05, 3.63) is 58.6 Å². The van der Waals surface area contributed by atoms with Crippen molar-refractivity contribution in [3.63, 3.8) is 0 Å². The second-order valence-corrected chi connectivity index (χ2v) is 4.41. The zero-order chi connectivity index (χ0) is 14.5. The normalized spacial score (nSPS) is 11.4. The van der Waals surface area contributed by atoms with Gasteiger partial charge in [-0.3, -0.25) is 4.98 Å². The smallest absolute Gasteiger partial charge is 0.189 e. The topological polar surface area (TPSA) is 83.5 Å². The van der Waals surface area contributed by atoms with Crippen molar-refractivity contribution in [2.45, 2.75) is 6.54 Å². The van der Waals surface area contributed by atoms with Crippen molar-refractivity contribution in [1.29, 1.82) is 0 Å². The van der Waals surface area contributed by atoms with Crippen molar-refractivity contribution in [1.82, 2.24) is 4.98 Å². The highest BCUT2D eigenvalue weighted by molar-refractivity contribution is 6.30. The molecule has 4 N–H and O–H groups in total. The molecule has 0 amide bonds. The third-order valence-corrected chi connectivity index (χ3v) is 2.88. The number of hydrogen-bond acceptors (Lipinski definition) is 4. The molecular weight excluding hydrogens is 283 g/mol. The first-order valence-corrected chi connectivity index (χ1v) is 6.10. The van der Waals surface area contributed by atoms with Crippen molar-refractivity contribution < 1.29 is 9.60 Å². The Bertz CT molecular complexity index is 648. The van der Waals surface area contributed by atoms with E-state index < -0.39 is 5.82 Å². The van der Waals surface area contributed by atoms with Crippen molar-refractivity contribution in [2.24, 2.45) is 10.9 Å². The number of nitrogens with zero attached hydrogens (tertiary/aromatic N) is 2. The van der Waals surface area contributed by atoms with Crippen LogP contribution in [-0.4, -0.2) is 16.0 Å². The number of hydrogen-bond donors (Lipinski definition) is 3. The number of nitrogens with two attached hydrogens (primary N) is 1. The van der Waals surface area contributed by atoms with Crippen LogP contribution < -0.4 is 11.1 Å². The van der Waals surface area contributed by atoms with Crippen molar-refractivity contribution in [3.8, 4) is 0 Å². The predicted octanol–water partition coefficient (Wildman–Crippen LogP) is 2.58. The molecule has 2 rings (SSSR count). The van der Waals surface area contributed by atoms with E-state index in [0.29, 0.717) is 22.0 Å². The van der Waals surface area contributed by atoms with Crippen LogP contribution in [0.1, 0.15) is 11.3 Å². The van der Waals surface area contributed by atoms with E-state index in [0.717, 1.165) is 0 Å². The SMILES string of the molecule is NC(=NO)c1ncccc1CNc1ccc(Cl)cc1F. The van der Waals surface area contributed by atoms with E-state index >= 15 is 0 Å². The van der Waals surface area contributed by atoms with E-state index in [4.69, 9.17) is 22.5 Å². The number of halogens is 2. The third kappa shape index (κ3) is 3.16. The number of rotatable bonds is 4. The van der Waals surface area contributed by atoms with Crippen LogP contribution in [0.4, 0.5) is 10.1 Å². The minimum Gasteiger partial charge on any atom is -0.409 e.